The predicted molar refractivity (Wildman–Crippen MR) is 70.7 cm³/mol. The zero-order valence-electron chi connectivity index (χ0n) is 10.5. The fourth-order valence-electron chi connectivity index (χ4n) is 2.60. The molecule has 0 spiro atoms. The number of hydrogen-bond acceptors (Lipinski definition) is 3. The molecule has 1 aromatic heterocycles. The Bertz CT molecular complexity index is 390. The lowest BCUT2D eigenvalue weighted by atomic mass is 9.83. The van der Waals surface area contributed by atoms with E-state index in [0.29, 0.717) is 6.54 Å². The van der Waals surface area contributed by atoms with Crippen LogP contribution in [0.3, 0.4) is 0 Å². The first-order valence-electron chi connectivity index (χ1n) is 6.07. The molecule has 1 saturated carbocycles. The highest BCUT2D eigenvalue weighted by Crippen LogP contribution is 2.38. The van der Waals surface area contributed by atoms with Gasteiger partial charge in [0.1, 0.15) is 0 Å². The summed E-state index contributed by atoms with van der Waals surface area (Å²) in [6, 6.07) is 4.09. The Morgan fingerprint density at radius 1 is 1.71 bits per heavy atom. The molecule has 0 bridgehead atoms. The maximum Gasteiger partial charge on any atom is 0.230 e. The predicted octanol–water partition coefficient (Wildman–Crippen LogP) is 2.22. The van der Waals surface area contributed by atoms with Gasteiger partial charge < -0.3 is 10.6 Å². The van der Waals surface area contributed by atoms with Crippen molar-refractivity contribution in [3.05, 3.63) is 22.4 Å². The summed E-state index contributed by atoms with van der Waals surface area (Å²) in [7, 11) is 1.87. The minimum atomic E-state index is -0.355. The van der Waals surface area contributed by atoms with Crippen LogP contribution in [0.25, 0.3) is 0 Å². The first-order chi connectivity index (χ1) is 8.04. The number of nitrogens with zero attached hydrogens (tertiary/aromatic N) is 1. The minimum Gasteiger partial charge on any atom is -0.340 e. The molecule has 1 amide bonds. The molecular formula is C13H20N2OS. The van der Waals surface area contributed by atoms with Crippen LogP contribution in [0, 0.1) is 5.41 Å². The average molecular weight is 252 g/mol. The maximum atomic E-state index is 12.5. The van der Waals surface area contributed by atoms with Gasteiger partial charge in [0.2, 0.25) is 5.91 Å². The van der Waals surface area contributed by atoms with Crippen molar-refractivity contribution in [3.8, 4) is 0 Å². The van der Waals surface area contributed by atoms with Crippen molar-refractivity contribution in [2.75, 3.05) is 7.05 Å². The molecule has 1 fully saturated rings. The van der Waals surface area contributed by atoms with Crippen molar-refractivity contribution in [2.45, 2.75) is 38.8 Å². The number of hydrogen-bond donors (Lipinski definition) is 1. The Hall–Kier alpha value is -0.870. The van der Waals surface area contributed by atoms with E-state index >= 15 is 0 Å². The summed E-state index contributed by atoms with van der Waals surface area (Å²) in [4.78, 5) is 15.5. The molecule has 1 heterocycles. The topological polar surface area (TPSA) is 46.3 Å². The molecule has 0 aromatic carbocycles. The third-order valence-corrected chi connectivity index (χ3v) is 4.70. The van der Waals surface area contributed by atoms with E-state index in [1.807, 2.05) is 30.3 Å². The number of carbonyl (C=O) groups excluding carboxylic acids is 1. The van der Waals surface area contributed by atoms with Crippen LogP contribution in [-0.2, 0) is 11.3 Å². The molecule has 2 unspecified atom stereocenters. The molecule has 1 aliphatic rings. The fourth-order valence-corrected chi connectivity index (χ4v) is 3.36. The number of rotatable bonds is 3. The Morgan fingerprint density at radius 3 is 3.00 bits per heavy atom. The van der Waals surface area contributed by atoms with E-state index in [1.165, 1.54) is 4.88 Å². The highest BCUT2D eigenvalue weighted by molar-refractivity contribution is 7.09. The molecular weight excluding hydrogens is 232 g/mol. The molecule has 1 aliphatic carbocycles. The van der Waals surface area contributed by atoms with Gasteiger partial charge >= 0.3 is 0 Å². The second kappa shape index (κ2) is 4.78. The second-order valence-electron chi connectivity index (χ2n) is 5.16. The molecule has 0 aliphatic heterocycles. The highest BCUT2D eigenvalue weighted by atomic mass is 32.1. The molecule has 0 radical (unpaired) electrons. The quantitative estimate of drug-likeness (QED) is 0.896. The van der Waals surface area contributed by atoms with Crippen LogP contribution in [0.15, 0.2) is 17.5 Å². The molecule has 3 nitrogen and oxygen atoms in total. The van der Waals surface area contributed by atoms with Crippen LogP contribution < -0.4 is 5.73 Å². The molecule has 2 atom stereocenters. The van der Waals surface area contributed by atoms with Gasteiger partial charge in [0.05, 0.1) is 12.0 Å². The second-order valence-corrected chi connectivity index (χ2v) is 6.19. The molecule has 4 heteroatoms. The number of amides is 1. The van der Waals surface area contributed by atoms with Gasteiger partial charge in [-0.3, -0.25) is 4.79 Å². The van der Waals surface area contributed by atoms with Crippen molar-refractivity contribution in [2.24, 2.45) is 11.1 Å². The lowest BCUT2D eigenvalue weighted by molar-refractivity contribution is -0.140. The van der Waals surface area contributed by atoms with Crippen molar-refractivity contribution >= 4 is 17.2 Å². The minimum absolute atomic E-state index is 0.0146. The third kappa shape index (κ3) is 2.38. The highest BCUT2D eigenvalue weighted by Gasteiger charge is 2.44. The zero-order valence-corrected chi connectivity index (χ0v) is 11.3. The van der Waals surface area contributed by atoms with E-state index in [4.69, 9.17) is 5.73 Å². The maximum absolute atomic E-state index is 12.5. The van der Waals surface area contributed by atoms with Crippen molar-refractivity contribution in [1.82, 2.24) is 4.90 Å². The molecule has 94 valence electrons. The van der Waals surface area contributed by atoms with Gasteiger partial charge in [0.25, 0.3) is 0 Å². The monoisotopic (exact) mass is 252 g/mol. The van der Waals surface area contributed by atoms with Crippen LogP contribution in [0.5, 0.6) is 0 Å². The summed E-state index contributed by atoms with van der Waals surface area (Å²) in [5.74, 6) is 0.191. The van der Waals surface area contributed by atoms with Gasteiger partial charge in [-0.15, -0.1) is 11.3 Å². The summed E-state index contributed by atoms with van der Waals surface area (Å²) in [6.45, 7) is 2.71. The van der Waals surface area contributed by atoms with E-state index in [0.717, 1.165) is 19.3 Å². The lowest BCUT2D eigenvalue weighted by Gasteiger charge is -2.32. The van der Waals surface area contributed by atoms with Crippen LogP contribution in [-0.4, -0.2) is 23.9 Å². The van der Waals surface area contributed by atoms with Crippen molar-refractivity contribution < 1.29 is 4.79 Å². The van der Waals surface area contributed by atoms with Gasteiger partial charge in [-0.25, -0.2) is 0 Å². The fraction of sp³-hybridized carbons (Fsp3) is 0.615. The van der Waals surface area contributed by atoms with Gasteiger partial charge in [-0.1, -0.05) is 12.5 Å². The van der Waals surface area contributed by atoms with Crippen LogP contribution >= 0.6 is 11.3 Å². The standard InChI is InChI=1S/C13H20N2OS/c1-13(7-3-6-11(13)14)12(16)15(2)9-10-5-4-8-17-10/h4-5,8,11H,3,6-7,9,14H2,1-2H3. The smallest absolute Gasteiger partial charge is 0.230 e. The molecule has 0 saturated heterocycles. The van der Waals surface area contributed by atoms with Crippen molar-refractivity contribution in [1.29, 1.82) is 0 Å². The number of thiophene rings is 1. The van der Waals surface area contributed by atoms with Crippen LogP contribution in [0.1, 0.15) is 31.1 Å². The third-order valence-electron chi connectivity index (χ3n) is 3.84. The van der Waals surface area contributed by atoms with E-state index < -0.39 is 0 Å². The van der Waals surface area contributed by atoms with E-state index in [2.05, 4.69) is 6.07 Å². The normalized spacial score (nSPS) is 28.3. The van der Waals surface area contributed by atoms with Crippen LogP contribution in [0.2, 0.25) is 0 Å². The largest absolute Gasteiger partial charge is 0.340 e. The number of carbonyl (C=O) groups is 1. The molecule has 17 heavy (non-hydrogen) atoms. The molecule has 2 N–H and O–H groups in total. The Kier molecular flexibility index (Phi) is 3.54. The van der Waals surface area contributed by atoms with E-state index in [1.54, 1.807) is 11.3 Å². The van der Waals surface area contributed by atoms with Crippen LogP contribution in [0.4, 0.5) is 0 Å². The Morgan fingerprint density at radius 2 is 2.47 bits per heavy atom. The lowest BCUT2D eigenvalue weighted by Crippen LogP contribution is -2.47. The van der Waals surface area contributed by atoms with E-state index in [9.17, 15) is 4.79 Å². The Balaban J connectivity index is 2.04. The average Bonchev–Trinajstić information content (AvgIpc) is 2.90. The van der Waals surface area contributed by atoms with E-state index in [-0.39, 0.29) is 17.4 Å². The SMILES string of the molecule is CN(Cc1cccs1)C(=O)C1(C)CCCC1N. The van der Waals surface area contributed by atoms with Gasteiger partial charge in [0, 0.05) is 18.0 Å². The summed E-state index contributed by atoms with van der Waals surface area (Å²) < 4.78 is 0. The summed E-state index contributed by atoms with van der Waals surface area (Å²) in [6.07, 6.45) is 2.95. The molecule has 1 aromatic rings. The molecule has 2 rings (SSSR count). The first kappa shape index (κ1) is 12.6. The van der Waals surface area contributed by atoms with Gasteiger partial charge in [-0.2, -0.15) is 0 Å². The first-order valence-corrected chi connectivity index (χ1v) is 6.95. The summed E-state index contributed by atoms with van der Waals surface area (Å²) in [5, 5.41) is 2.04. The summed E-state index contributed by atoms with van der Waals surface area (Å²) in [5.41, 5.74) is 5.73. The van der Waals surface area contributed by atoms with Crippen molar-refractivity contribution in [3.63, 3.8) is 0 Å². The Labute approximate surface area is 107 Å². The zero-order chi connectivity index (χ0) is 12.5. The summed E-state index contributed by atoms with van der Waals surface area (Å²) >= 11 is 1.69. The number of nitrogens with two attached hydrogens (primary N) is 1. The van der Waals surface area contributed by atoms with Gasteiger partial charge in [0.15, 0.2) is 0 Å². The van der Waals surface area contributed by atoms with Gasteiger partial charge in [-0.05, 0) is 31.2 Å².